The van der Waals surface area contributed by atoms with Gasteiger partial charge in [0, 0.05) is 11.6 Å². The number of hydrogen-bond acceptors (Lipinski definition) is 6. The highest BCUT2D eigenvalue weighted by molar-refractivity contribution is 5.65. The summed E-state index contributed by atoms with van der Waals surface area (Å²) in [7, 11) is 0. The molecular weight excluding hydrogens is 260 g/mol. The Balaban J connectivity index is 1.88. The van der Waals surface area contributed by atoms with Crippen LogP contribution >= 0.6 is 0 Å². The molecule has 102 valence electrons. The molecule has 0 bridgehead atoms. The summed E-state index contributed by atoms with van der Waals surface area (Å²) < 4.78 is 0. The number of rotatable bonds is 3. The molecule has 8 heteroatoms. The fourth-order valence-electron chi connectivity index (χ4n) is 2.14. The van der Waals surface area contributed by atoms with Gasteiger partial charge in [-0.25, -0.2) is 9.98 Å². The largest absolute Gasteiger partial charge is 0.344 e. The predicted octanol–water partition coefficient (Wildman–Crippen LogP) is 1.45. The third-order valence-electron chi connectivity index (χ3n) is 3.17. The number of nitro groups is 1. The van der Waals surface area contributed by atoms with Crippen LogP contribution in [0.1, 0.15) is 17.4 Å². The Morgan fingerprint density at radius 3 is 3.05 bits per heavy atom. The highest BCUT2D eigenvalue weighted by atomic mass is 16.6. The molecule has 1 unspecified atom stereocenters. The fourth-order valence-corrected chi connectivity index (χ4v) is 2.14. The third kappa shape index (κ3) is 2.01. The molecule has 0 aliphatic carbocycles. The van der Waals surface area contributed by atoms with E-state index in [2.05, 4.69) is 15.0 Å². The van der Waals surface area contributed by atoms with E-state index in [1.54, 1.807) is 29.4 Å². The topological polar surface area (TPSA) is 113 Å². The minimum Gasteiger partial charge on any atom is -0.344 e. The van der Waals surface area contributed by atoms with Gasteiger partial charge in [0.1, 0.15) is 6.17 Å². The summed E-state index contributed by atoms with van der Waals surface area (Å²) in [6.45, 7) is 0.306. The molecule has 1 aliphatic heterocycles. The molecule has 1 atom stereocenters. The number of nitro benzene ring substituents is 1. The maximum Gasteiger partial charge on any atom is 0.274 e. The van der Waals surface area contributed by atoms with Crippen molar-refractivity contribution in [2.75, 3.05) is 0 Å². The van der Waals surface area contributed by atoms with Gasteiger partial charge in [-0.3, -0.25) is 10.1 Å². The van der Waals surface area contributed by atoms with E-state index < -0.39 is 11.1 Å². The Bertz CT molecular complexity index is 680. The first-order chi connectivity index (χ1) is 9.66. The van der Waals surface area contributed by atoms with Crippen LogP contribution in [0.15, 0.2) is 35.6 Å². The van der Waals surface area contributed by atoms with Crippen LogP contribution in [-0.2, 0) is 6.54 Å². The Kier molecular flexibility index (Phi) is 2.92. The Morgan fingerprint density at radius 2 is 2.25 bits per heavy atom. The molecule has 8 nitrogen and oxygen atoms in total. The lowest BCUT2D eigenvalue weighted by Crippen LogP contribution is -2.35. The van der Waals surface area contributed by atoms with Gasteiger partial charge in [0.15, 0.2) is 5.82 Å². The van der Waals surface area contributed by atoms with E-state index in [0.717, 1.165) is 0 Å². The molecule has 0 radical (unpaired) electrons. The highest BCUT2D eigenvalue weighted by Gasteiger charge is 2.25. The molecule has 1 aliphatic rings. The summed E-state index contributed by atoms with van der Waals surface area (Å²) in [5, 5.41) is 11.0. The third-order valence-corrected chi connectivity index (χ3v) is 3.17. The Morgan fingerprint density at radius 1 is 1.45 bits per heavy atom. The maximum absolute atomic E-state index is 11.0. The second-order valence-corrected chi connectivity index (χ2v) is 4.39. The van der Waals surface area contributed by atoms with E-state index in [1.165, 1.54) is 12.4 Å². The molecular formula is C12H12N6O2. The molecule has 20 heavy (non-hydrogen) atoms. The number of fused-ring (bicyclic) bond motifs is 1. The Hall–Kier alpha value is -2.74. The predicted molar refractivity (Wildman–Crippen MR) is 72.3 cm³/mol. The number of aromatic nitrogens is 2. The van der Waals surface area contributed by atoms with Crippen LogP contribution in [0, 0.1) is 10.1 Å². The summed E-state index contributed by atoms with van der Waals surface area (Å²) in [4.78, 5) is 23.5. The number of para-hydroxylation sites is 1. The summed E-state index contributed by atoms with van der Waals surface area (Å²) in [5.41, 5.74) is 7.46. The molecule has 0 spiro atoms. The van der Waals surface area contributed by atoms with Crippen LogP contribution < -0.4 is 5.73 Å². The molecule has 3 N–H and O–H groups in total. The van der Waals surface area contributed by atoms with Gasteiger partial charge in [-0.15, -0.1) is 0 Å². The maximum atomic E-state index is 11.0. The van der Waals surface area contributed by atoms with Gasteiger partial charge in [-0.1, -0.05) is 18.2 Å². The first-order valence-electron chi connectivity index (χ1n) is 5.98. The van der Waals surface area contributed by atoms with Crippen LogP contribution in [-0.4, -0.2) is 26.1 Å². The van der Waals surface area contributed by atoms with Crippen molar-refractivity contribution in [1.29, 1.82) is 0 Å². The first kappa shape index (κ1) is 12.3. The minimum absolute atomic E-state index is 0.0727. The van der Waals surface area contributed by atoms with Gasteiger partial charge in [-0.2, -0.15) is 0 Å². The zero-order valence-corrected chi connectivity index (χ0v) is 10.4. The average molecular weight is 272 g/mol. The van der Waals surface area contributed by atoms with E-state index in [9.17, 15) is 10.1 Å². The molecule has 3 rings (SSSR count). The van der Waals surface area contributed by atoms with Gasteiger partial charge in [-0.05, 0) is 0 Å². The number of nitrogens with zero attached hydrogens (tertiary/aromatic N) is 4. The lowest BCUT2D eigenvalue weighted by molar-refractivity contribution is -0.385. The number of nitrogens with two attached hydrogens (primary N) is 1. The van der Waals surface area contributed by atoms with Crippen molar-refractivity contribution in [2.45, 2.75) is 12.7 Å². The van der Waals surface area contributed by atoms with Crippen LogP contribution in [0.2, 0.25) is 0 Å². The van der Waals surface area contributed by atoms with Crippen LogP contribution in [0.5, 0.6) is 0 Å². The second kappa shape index (κ2) is 4.74. The SMILES string of the molecule is NC1c2[nH]cnc2N=CN1Cc1ccccc1[N+](=O)[O-]. The number of benzene rings is 1. The first-order valence-corrected chi connectivity index (χ1v) is 5.98. The quantitative estimate of drug-likeness (QED) is 0.648. The van der Waals surface area contributed by atoms with Gasteiger partial charge in [0.05, 0.1) is 29.8 Å². The highest BCUT2D eigenvalue weighted by Crippen LogP contribution is 2.28. The number of aliphatic imine (C=N–C) groups is 1. The van der Waals surface area contributed by atoms with Crippen molar-refractivity contribution in [1.82, 2.24) is 14.9 Å². The van der Waals surface area contributed by atoms with Crippen LogP contribution in [0.3, 0.4) is 0 Å². The fraction of sp³-hybridized carbons (Fsp3) is 0.167. The van der Waals surface area contributed by atoms with E-state index in [1.807, 2.05) is 0 Å². The summed E-state index contributed by atoms with van der Waals surface area (Å²) in [6, 6.07) is 6.58. The van der Waals surface area contributed by atoms with Crippen molar-refractivity contribution in [2.24, 2.45) is 10.7 Å². The van der Waals surface area contributed by atoms with Crippen molar-refractivity contribution in [3.63, 3.8) is 0 Å². The molecule has 2 heterocycles. The zero-order valence-electron chi connectivity index (χ0n) is 10.4. The molecule has 1 aromatic carbocycles. The number of imidazole rings is 1. The van der Waals surface area contributed by atoms with E-state index in [-0.39, 0.29) is 5.69 Å². The number of aromatic amines is 1. The smallest absolute Gasteiger partial charge is 0.274 e. The van der Waals surface area contributed by atoms with Crippen molar-refractivity contribution in [3.05, 3.63) is 52.0 Å². The Labute approximate surface area is 114 Å². The minimum atomic E-state index is -0.454. The lowest BCUT2D eigenvalue weighted by atomic mass is 10.1. The summed E-state index contributed by atoms with van der Waals surface area (Å²) in [6.07, 6.45) is 2.63. The molecule has 0 saturated heterocycles. The van der Waals surface area contributed by atoms with Crippen molar-refractivity contribution in [3.8, 4) is 0 Å². The van der Waals surface area contributed by atoms with Gasteiger partial charge < -0.3 is 15.6 Å². The van der Waals surface area contributed by atoms with E-state index >= 15 is 0 Å². The number of H-pyrrole nitrogens is 1. The van der Waals surface area contributed by atoms with Gasteiger partial charge in [0.2, 0.25) is 0 Å². The normalized spacial score (nSPS) is 17.1. The van der Waals surface area contributed by atoms with Crippen molar-refractivity contribution >= 4 is 17.8 Å². The van der Waals surface area contributed by atoms with Crippen LogP contribution in [0.25, 0.3) is 0 Å². The number of hydrogen-bond donors (Lipinski definition) is 2. The van der Waals surface area contributed by atoms with Gasteiger partial charge in [0.25, 0.3) is 5.69 Å². The summed E-state index contributed by atoms with van der Waals surface area (Å²) in [5.74, 6) is 0.552. The van der Waals surface area contributed by atoms with Crippen molar-refractivity contribution < 1.29 is 4.92 Å². The molecule has 0 saturated carbocycles. The van der Waals surface area contributed by atoms with Crippen LogP contribution in [0.4, 0.5) is 11.5 Å². The summed E-state index contributed by atoms with van der Waals surface area (Å²) >= 11 is 0. The number of nitrogens with one attached hydrogen (secondary N) is 1. The van der Waals surface area contributed by atoms with E-state index in [0.29, 0.717) is 23.6 Å². The van der Waals surface area contributed by atoms with E-state index in [4.69, 9.17) is 5.73 Å². The second-order valence-electron chi connectivity index (χ2n) is 4.39. The standard InChI is InChI=1S/C12H12N6O2/c13-11-10-12(15-6-14-10)16-7-17(11)5-8-3-1-2-4-9(8)18(19)20/h1-4,6-7,11H,5,13H2,(H,14,15). The lowest BCUT2D eigenvalue weighted by Gasteiger charge is -2.28. The average Bonchev–Trinajstić information content (AvgIpc) is 2.91. The van der Waals surface area contributed by atoms with Gasteiger partial charge >= 0.3 is 0 Å². The molecule has 0 amide bonds. The molecule has 2 aromatic rings. The molecule has 0 fully saturated rings. The zero-order chi connectivity index (χ0) is 14.1. The molecule has 1 aromatic heterocycles. The monoisotopic (exact) mass is 272 g/mol.